The summed E-state index contributed by atoms with van der Waals surface area (Å²) in [5.74, 6) is 0.0273. The first-order valence-corrected chi connectivity index (χ1v) is 6.80. The molecular weight excluding hydrogens is 236 g/mol. The molecule has 0 radical (unpaired) electrons. The number of aryl methyl sites for hydroxylation is 1. The molecule has 1 aromatic rings. The summed E-state index contributed by atoms with van der Waals surface area (Å²) in [6, 6.07) is 0. The summed E-state index contributed by atoms with van der Waals surface area (Å²) in [5, 5.41) is 14.8. The smallest absolute Gasteiger partial charge is 0.226 e. The van der Waals surface area contributed by atoms with Crippen LogP contribution in [0.4, 0.5) is 0 Å². The van der Waals surface area contributed by atoms with Crippen molar-refractivity contribution in [2.45, 2.75) is 32.6 Å². The monoisotopic (exact) mass is 254 g/mol. The number of hydrogen-bond donors (Lipinski definition) is 2. The van der Waals surface area contributed by atoms with Crippen LogP contribution in [-0.4, -0.2) is 29.1 Å². The minimum Gasteiger partial charge on any atom is -0.396 e. The Morgan fingerprint density at radius 3 is 2.94 bits per heavy atom. The van der Waals surface area contributed by atoms with Crippen LogP contribution in [-0.2, 0) is 11.2 Å². The molecule has 5 heteroatoms. The van der Waals surface area contributed by atoms with Gasteiger partial charge in [-0.3, -0.25) is 4.79 Å². The summed E-state index contributed by atoms with van der Waals surface area (Å²) in [4.78, 5) is 16.0. The van der Waals surface area contributed by atoms with E-state index in [9.17, 15) is 4.79 Å². The van der Waals surface area contributed by atoms with Crippen molar-refractivity contribution in [1.82, 2.24) is 10.3 Å². The molecule has 1 amide bonds. The third-order valence-corrected chi connectivity index (χ3v) is 4.09. The predicted octanol–water partition coefficient (Wildman–Crippen LogP) is 1.27. The molecule has 0 bridgehead atoms. The number of nitrogens with zero attached hydrogens (tertiary/aromatic N) is 1. The quantitative estimate of drug-likeness (QED) is 0.803. The maximum atomic E-state index is 11.7. The van der Waals surface area contributed by atoms with Crippen LogP contribution >= 0.6 is 11.3 Å². The molecule has 1 fully saturated rings. The first-order chi connectivity index (χ1) is 8.13. The van der Waals surface area contributed by atoms with E-state index >= 15 is 0 Å². The zero-order valence-electron chi connectivity index (χ0n) is 10.0. The van der Waals surface area contributed by atoms with Gasteiger partial charge in [-0.25, -0.2) is 4.98 Å². The number of thiazole rings is 1. The van der Waals surface area contributed by atoms with E-state index in [0.29, 0.717) is 13.0 Å². The Balaban J connectivity index is 1.74. The lowest BCUT2D eigenvalue weighted by molar-refractivity contribution is -0.120. The molecule has 2 rings (SSSR count). The van der Waals surface area contributed by atoms with Gasteiger partial charge < -0.3 is 10.4 Å². The van der Waals surface area contributed by atoms with E-state index in [4.69, 9.17) is 5.11 Å². The lowest BCUT2D eigenvalue weighted by Gasteiger charge is -2.14. The van der Waals surface area contributed by atoms with E-state index in [0.717, 1.165) is 30.0 Å². The SMILES string of the molecule is Cc1nc(CC(=O)NCC2(CCO)CC2)cs1. The van der Waals surface area contributed by atoms with Crippen LogP contribution in [0.2, 0.25) is 0 Å². The van der Waals surface area contributed by atoms with Crippen LogP contribution in [0.1, 0.15) is 30.0 Å². The van der Waals surface area contributed by atoms with Crippen LogP contribution < -0.4 is 5.32 Å². The molecule has 0 spiro atoms. The molecule has 1 heterocycles. The van der Waals surface area contributed by atoms with Gasteiger partial charge in [0.2, 0.25) is 5.91 Å². The standard InChI is InChI=1S/C12H18N2O2S/c1-9-14-10(7-17-9)6-11(16)13-8-12(2-3-12)4-5-15/h7,15H,2-6,8H2,1H3,(H,13,16). The Bertz CT molecular complexity index is 399. The minimum absolute atomic E-state index is 0.0273. The second kappa shape index (κ2) is 5.14. The Morgan fingerprint density at radius 1 is 1.65 bits per heavy atom. The van der Waals surface area contributed by atoms with Crippen molar-refractivity contribution in [2.24, 2.45) is 5.41 Å². The van der Waals surface area contributed by atoms with Crippen molar-refractivity contribution in [2.75, 3.05) is 13.2 Å². The molecule has 0 atom stereocenters. The predicted molar refractivity (Wildman–Crippen MR) is 66.9 cm³/mol. The maximum Gasteiger partial charge on any atom is 0.226 e. The molecule has 0 saturated heterocycles. The highest BCUT2D eigenvalue weighted by Crippen LogP contribution is 2.47. The van der Waals surface area contributed by atoms with E-state index in [2.05, 4.69) is 10.3 Å². The number of aromatic nitrogens is 1. The number of hydrogen-bond acceptors (Lipinski definition) is 4. The van der Waals surface area contributed by atoms with Crippen molar-refractivity contribution < 1.29 is 9.90 Å². The summed E-state index contributed by atoms with van der Waals surface area (Å²) < 4.78 is 0. The normalized spacial score (nSPS) is 16.8. The average molecular weight is 254 g/mol. The average Bonchev–Trinajstić information content (AvgIpc) is 2.94. The highest BCUT2D eigenvalue weighted by atomic mass is 32.1. The number of aliphatic hydroxyl groups is 1. The van der Waals surface area contributed by atoms with Crippen LogP contribution in [0.25, 0.3) is 0 Å². The van der Waals surface area contributed by atoms with Crippen LogP contribution in [0.3, 0.4) is 0 Å². The summed E-state index contributed by atoms with van der Waals surface area (Å²) in [7, 11) is 0. The Morgan fingerprint density at radius 2 is 2.41 bits per heavy atom. The van der Waals surface area contributed by atoms with Gasteiger partial charge in [0.1, 0.15) is 0 Å². The molecule has 0 aliphatic heterocycles. The van der Waals surface area contributed by atoms with Crippen molar-refractivity contribution in [3.63, 3.8) is 0 Å². The van der Waals surface area contributed by atoms with Gasteiger partial charge in [0.25, 0.3) is 0 Å². The number of aliphatic hydroxyl groups excluding tert-OH is 1. The molecule has 0 aromatic carbocycles. The molecular formula is C12H18N2O2S. The van der Waals surface area contributed by atoms with Gasteiger partial charge in [0.15, 0.2) is 0 Å². The van der Waals surface area contributed by atoms with Crippen molar-refractivity contribution in [3.8, 4) is 0 Å². The molecule has 17 heavy (non-hydrogen) atoms. The fraction of sp³-hybridized carbons (Fsp3) is 0.667. The van der Waals surface area contributed by atoms with Crippen LogP contribution in [0, 0.1) is 12.3 Å². The zero-order valence-corrected chi connectivity index (χ0v) is 10.8. The zero-order chi connectivity index (χ0) is 12.3. The molecule has 1 aliphatic rings. The van der Waals surface area contributed by atoms with E-state index < -0.39 is 0 Å². The van der Waals surface area contributed by atoms with Crippen molar-refractivity contribution in [3.05, 3.63) is 16.1 Å². The molecule has 1 aromatic heterocycles. The molecule has 1 saturated carbocycles. The van der Waals surface area contributed by atoms with E-state index in [1.54, 1.807) is 11.3 Å². The van der Waals surface area contributed by atoms with Gasteiger partial charge >= 0.3 is 0 Å². The summed E-state index contributed by atoms with van der Waals surface area (Å²) >= 11 is 1.57. The van der Waals surface area contributed by atoms with Crippen molar-refractivity contribution in [1.29, 1.82) is 0 Å². The van der Waals surface area contributed by atoms with Gasteiger partial charge in [0.05, 0.1) is 17.1 Å². The number of carbonyl (C=O) groups is 1. The maximum absolute atomic E-state index is 11.7. The molecule has 1 aliphatic carbocycles. The minimum atomic E-state index is 0.0273. The van der Waals surface area contributed by atoms with E-state index in [1.165, 1.54) is 0 Å². The number of amides is 1. The van der Waals surface area contributed by atoms with E-state index in [-0.39, 0.29) is 17.9 Å². The van der Waals surface area contributed by atoms with Crippen LogP contribution in [0.15, 0.2) is 5.38 Å². The third-order valence-electron chi connectivity index (χ3n) is 3.27. The summed E-state index contributed by atoms with van der Waals surface area (Å²) in [6.07, 6.45) is 3.38. The second-order valence-corrected chi connectivity index (χ2v) is 5.85. The largest absolute Gasteiger partial charge is 0.396 e. The fourth-order valence-electron chi connectivity index (χ4n) is 1.93. The third kappa shape index (κ3) is 3.51. The van der Waals surface area contributed by atoms with Gasteiger partial charge in [-0.05, 0) is 31.6 Å². The first-order valence-electron chi connectivity index (χ1n) is 5.92. The van der Waals surface area contributed by atoms with Gasteiger partial charge in [-0.1, -0.05) is 0 Å². The topological polar surface area (TPSA) is 62.2 Å². The van der Waals surface area contributed by atoms with Crippen LogP contribution in [0.5, 0.6) is 0 Å². The fourth-order valence-corrected chi connectivity index (χ4v) is 2.54. The molecule has 0 unspecified atom stereocenters. The number of rotatable bonds is 6. The number of nitrogens with one attached hydrogen (secondary N) is 1. The molecule has 2 N–H and O–H groups in total. The molecule has 4 nitrogen and oxygen atoms in total. The first kappa shape index (κ1) is 12.5. The van der Waals surface area contributed by atoms with Crippen molar-refractivity contribution >= 4 is 17.2 Å². The van der Waals surface area contributed by atoms with E-state index in [1.807, 2.05) is 12.3 Å². The highest BCUT2D eigenvalue weighted by Gasteiger charge is 2.41. The lowest BCUT2D eigenvalue weighted by atomic mass is 10.0. The Kier molecular flexibility index (Phi) is 3.79. The summed E-state index contributed by atoms with van der Waals surface area (Å²) in [6.45, 7) is 2.84. The Hall–Kier alpha value is -0.940. The summed E-state index contributed by atoms with van der Waals surface area (Å²) in [5.41, 5.74) is 1.03. The van der Waals surface area contributed by atoms with Gasteiger partial charge in [-0.15, -0.1) is 11.3 Å². The van der Waals surface area contributed by atoms with Gasteiger partial charge in [0, 0.05) is 18.5 Å². The second-order valence-electron chi connectivity index (χ2n) is 4.78. The van der Waals surface area contributed by atoms with Gasteiger partial charge in [-0.2, -0.15) is 0 Å². The lowest BCUT2D eigenvalue weighted by Crippen LogP contribution is -2.31. The number of carbonyl (C=O) groups excluding carboxylic acids is 1. The molecule has 94 valence electrons. The highest BCUT2D eigenvalue weighted by molar-refractivity contribution is 7.09. The Labute approximate surface area is 105 Å².